The van der Waals surface area contributed by atoms with Crippen molar-refractivity contribution in [1.29, 1.82) is 0 Å². The molecule has 4 aliphatic rings. The summed E-state index contributed by atoms with van der Waals surface area (Å²) in [5.74, 6) is 0. The molecule has 4 heterocycles. The summed E-state index contributed by atoms with van der Waals surface area (Å²) in [6.45, 7) is 0. The maximum Gasteiger partial charge on any atom is 0.0596 e. The molecule has 0 N–H and O–H groups in total. The molecule has 8 atom stereocenters. The van der Waals surface area contributed by atoms with Crippen LogP contribution in [-0.4, -0.2) is 58.4 Å². The zero-order chi connectivity index (χ0) is 22.5. The van der Waals surface area contributed by atoms with Gasteiger partial charge in [-0.2, -0.15) is 0 Å². The van der Waals surface area contributed by atoms with Crippen LogP contribution in [0.4, 0.5) is 0 Å². The fraction of sp³-hybridized carbons (Fsp3) is 1.00. The normalized spacial score (nSPS) is 38.0. The number of nitrogens with zero attached hydrogens (tertiary/aromatic N) is 16. The van der Waals surface area contributed by atoms with E-state index in [2.05, 4.69) is 50.6 Å². The van der Waals surface area contributed by atoms with E-state index < -0.39 is 0 Å². The summed E-state index contributed by atoms with van der Waals surface area (Å²) in [6.07, 6.45) is 5.53. The van der Waals surface area contributed by atoms with Crippen molar-refractivity contribution in [2.75, 3.05) is 0 Å². The quantitative estimate of drug-likeness (QED) is 0.306. The van der Waals surface area contributed by atoms with Gasteiger partial charge in [-0.15, -0.1) is 0 Å². The molecule has 4 saturated heterocycles. The molecule has 0 aromatic carbocycles. The van der Waals surface area contributed by atoms with Gasteiger partial charge in [-0.25, -0.2) is 0 Å². The van der Waals surface area contributed by atoms with Gasteiger partial charge >= 0.3 is 0 Å². The highest BCUT2D eigenvalue weighted by atomic mass is 15.7. The fourth-order valence-electron chi connectivity index (χ4n) is 5.79. The van der Waals surface area contributed by atoms with Crippen molar-refractivity contribution in [3.63, 3.8) is 0 Å². The molecular formula is C16H24N16. The van der Waals surface area contributed by atoms with Gasteiger partial charge in [0.25, 0.3) is 0 Å². The molecule has 4 fully saturated rings. The van der Waals surface area contributed by atoms with Gasteiger partial charge in [0.05, 0.1) is 48.3 Å². The van der Waals surface area contributed by atoms with Crippen LogP contribution in [0, 0.1) is 0 Å². The third kappa shape index (κ3) is 4.00. The maximum absolute atomic E-state index is 8.97. The predicted octanol–water partition coefficient (Wildman–Crippen LogP) is 5.24. The minimum absolute atomic E-state index is 0.121. The molecule has 0 aromatic rings. The summed E-state index contributed by atoms with van der Waals surface area (Å²) in [7, 11) is 0. The smallest absolute Gasteiger partial charge is 0.0596 e. The van der Waals surface area contributed by atoms with Gasteiger partial charge in [0.1, 0.15) is 0 Å². The lowest BCUT2D eigenvalue weighted by molar-refractivity contribution is -0.0293. The van der Waals surface area contributed by atoms with E-state index in [1.165, 1.54) is 0 Å². The summed E-state index contributed by atoms with van der Waals surface area (Å²) in [5, 5.41) is 28.7. The summed E-state index contributed by atoms with van der Waals surface area (Å²) < 4.78 is 0. The zero-order valence-corrected chi connectivity index (χ0v) is 17.4. The first-order chi connectivity index (χ1) is 15.7. The van der Waals surface area contributed by atoms with Gasteiger partial charge in [-0.05, 0) is 73.5 Å². The van der Waals surface area contributed by atoms with Crippen molar-refractivity contribution in [1.82, 2.24) is 10.0 Å². The molecular weight excluding hydrogens is 416 g/mol. The second-order valence-electron chi connectivity index (χ2n) is 8.61. The van der Waals surface area contributed by atoms with Gasteiger partial charge < -0.3 is 0 Å². The van der Waals surface area contributed by atoms with Gasteiger partial charge in [0, 0.05) is 19.6 Å². The standard InChI is InChI=1S/C16H24N16/c17-25-21-9-1-5-13-10(22-26-18)2-6-14(9)31(13)29-30-32-15-7-3-11(23-27-19)16(32)8-4-12(15)24-28-20/h9-16H,1-8H2/b30-29+/t9-,10-,11-,12-,13-,14-,15-,16-/m1/s1. The molecule has 32 heavy (non-hydrogen) atoms. The largest absolute Gasteiger partial charge is 0.270 e. The monoisotopic (exact) mass is 440 g/mol. The Morgan fingerprint density at radius 2 is 0.688 bits per heavy atom. The van der Waals surface area contributed by atoms with Crippen LogP contribution < -0.4 is 0 Å². The SMILES string of the molecule is [N-]=[N+]=N[C@@H]1CC[C@@H]2[C@H](N=[N+]=[N-])CC[C@H]1N2/N=N/N1[C@@H]2CC[C@@H](N=[N+]=[N-])[C@H]1CC[C@H]2N=[N+]=[N-]. The van der Waals surface area contributed by atoms with Crippen LogP contribution in [0.2, 0.25) is 0 Å². The molecule has 0 aromatic heterocycles. The number of hydrogen-bond donors (Lipinski definition) is 0. The average Bonchev–Trinajstić information content (AvgIpc) is 2.79. The van der Waals surface area contributed by atoms with Crippen LogP contribution in [-0.2, 0) is 0 Å². The van der Waals surface area contributed by atoms with E-state index in [9.17, 15) is 0 Å². The van der Waals surface area contributed by atoms with Gasteiger partial charge in [-0.3, -0.25) is 10.0 Å². The lowest BCUT2D eigenvalue weighted by Gasteiger charge is -2.50. The third-order valence-corrected chi connectivity index (χ3v) is 7.21. The zero-order valence-electron chi connectivity index (χ0n) is 17.4. The second kappa shape index (κ2) is 9.71. The highest BCUT2D eigenvalue weighted by Gasteiger charge is 2.46. The van der Waals surface area contributed by atoms with Crippen molar-refractivity contribution < 1.29 is 0 Å². The molecule has 0 unspecified atom stereocenters. The summed E-state index contributed by atoms with van der Waals surface area (Å²) >= 11 is 0. The first-order valence-electron chi connectivity index (χ1n) is 10.9. The highest BCUT2D eigenvalue weighted by molar-refractivity contribution is 5.03. The van der Waals surface area contributed by atoms with Crippen molar-refractivity contribution >= 4 is 0 Å². The van der Waals surface area contributed by atoms with Crippen molar-refractivity contribution in [2.45, 2.75) is 99.7 Å². The molecule has 4 aliphatic heterocycles. The lowest BCUT2D eigenvalue weighted by Crippen LogP contribution is -2.59. The Labute approximate surface area is 183 Å². The molecule has 16 heteroatoms. The molecule has 168 valence electrons. The first kappa shape index (κ1) is 21.7. The molecule has 4 bridgehead atoms. The topological polar surface area (TPSA) is 226 Å². The van der Waals surface area contributed by atoms with Gasteiger partial charge in [0.15, 0.2) is 0 Å². The fourth-order valence-corrected chi connectivity index (χ4v) is 5.79. The van der Waals surface area contributed by atoms with Crippen LogP contribution in [0.25, 0.3) is 41.8 Å². The Morgan fingerprint density at radius 3 is 0.906 bits per heavy atom. The number of azide groups is 4. The van der Waals surface area contributed by atoms with E-state index in [1.54, 1.807) is 0 Å². The summed E-state index contributed by atoms with van der Waals surface area (Å²) in [6, 6.07) is -1.39. The lowest BCUT2D eigenvalue weighted by atomic mass is 9.80. The number of fused-ring (bicyclic) bond motifs is 4. The van der Waals surface area contributed by atoms with Crippen LogP contribution in [0.15, 0.2) is 30.9 Å². The van der Waals surface area contributed by atoms with Crippen LogP contribution >= 0.6 is 0 Å². The van der Waals surface area contributed by atoms with Crippen molar-refractivity contribution in [2.24, 2.45) is 30.9 Å². The van der Waals surface area contributed by atoms with E-state index in [4.69, 9.17) is 22.1 Å². The van der Waals surface area contributed by atoms with Crippen LogP contribution in [0.5, 0.6) is 0 Å². The van der Waals surface area contributed by atoms with E-state index in [0.29, 0.717) is 51.4 Å². The summed E-state index contributed by atoms with van der Waals surface area (Å²) in [4.78, 5) is 12.0. The Morgan fingerprint density at radius 1 is 0.438 bits per heavy atom. The van der Waals surface area contributed by atoms with Crippen LogP contribution in [0.1, 0.15) is 51.4 Å². The van der Waals surface area contributed by atoms with Crippen molar-refractivity contribution in [3.8, 4) is 0 Å². The molecule has 0 radical (unpaired) electrons. The molecule has 0 saturated carbocycles. The minimum atomic E-state index is -0.227. The Bertz CT molecular complexity index is 780. The third-order valence-electron chi connectivity index (χ3n) is 7.21. The van der Waals surface area contributed by atoms with E-state index >= 15 is 0 Å². The predicted molar refractivity (Wildman–Crippen MR) is 112 cm³/mol. The Kier molecular flexibility index (Phi) is 6.58. The molecule has 0 spiro atoms. The highest BCUT2D eigenvalue weighted by Crippen LogP contribution is 2.40. The van der Waals surface area contributed by atoms with Gasteiger partial charge in [-0.1, -0.05) is 30.9 Å². The van der Waals surface area contributed by atoms with E-state index in [1.807, 2.05) is 10.0 Å². The molecule has 0 amide bonds. The molecule has 4 rings (SSSR count). The van der Waals surface area contributed by atoms with E-state index in [0.717, 1.165) is 0 Å². The Balaban J connectivity index is 1.64. The average molecular weight is 440 g/mol. The number of hydrogen-bond acceptors (Lipinski definition) is 6. The second-order valence-corrected chi connectivity index (χ2v) is 8.61. The number of rotatable bonds is 6. The van der Waals surface area contributed by atoms with Gasteiger partial charge in [0.2, 0.25) is 0 Å². The van der Waals surface area contributed by atoms with E-state index in [-0.39, 0.29) is 48.3 Å². The van der Waals surface area contributed by atoms with Crippen LogP contribution in [0.3, 0.4) is 0 Å². The Hall–Kier alpha value is -3.56. The molecule has 16 nitrogen and oxygen atoms in total. The molecule has 0 aliphatic carbocycles. The minimum Gasteiger partial charge on any atom is -0.270 e. The number of piperidine rings is 4. The summed E-state index contributed by atoms with van der Waals surface area (Å²) in [5.41, 5.74) is 35.9. The van der Waals surface area contributed by atoms with Crippen molar-refractivity contribution in [3.05, 3.63) is 41.8 Å². The first-order valence-corrected chi connectivity index (χ1v) is 10.9. The maximum atomic E-state index is 8.97.